The number of hydrogen-bond donors (Lipinski definition) is 2. The van der Waals surface area contributed by atoms with Gasteiger partial charge in [-0.25, -0.2) is 4.79 Å². The highest BCUT2D eigenvalue weighted by Gasteiger charge is 2.24. The van der Waals surface area contributed by atoms with Crippen LogP contribution in [0.5, 0.6) is 5.88 Å². The Morgan fingerprint density at radius 1 is 1.30 bits per heavy atom. The first-order valence-electron chi connectivity index (χ1n) is 9.30. The van der Waals surface area contributed by atoms with Crippen LogP contribution in [0.1, 0.15) is 22.3 Å². The number of hydrogen-bond acceptors (Lipinski definition) is 7. The molecular formula is C21H22N4O5. The van der Waals surface area contributed by atoms with Gasteiger partial charge >= 0.3 is 6.09 Å². The molecule has 0 spiro atoms. The molecule has 1 aliphatic rings. The lowest BCUT2D eigenvalue weighted by atomic mass is 10.0. The highest BCUT2D eigenvalue weighted by atomic mass is 16.6. The van der Waals surface area contributed by atoms with Crippen molar-refractivity contribution < 1.29 is 23.8 Å². The number of ether oxygens (including phenoxy) is 3. The van der Waals surface area contributed by atoms with Crippen LogP contribution in [0.2, 0.25) is 0 Å². The number of cyclic esters (lactones) is 1. The largest absolute Gasteiger partial charge is 0.481 e. The fraction of sp³-hybridized carbons (Fsp3) is 0.333. The molecule has 2 heterocycles. The summed E-state index contributed by atoms with van der Waals surface area (Å²) in [5, 5.41) is 14.5. The van der Waals surface area contributed by atoms with Crippen molar-refractivity contribution in [2.24, 2.45) is 0 Å². The molecule has 2 amide bonds. The maximum absolute atomic E-state index is 12.5. The van der Waals surface area contributed by atoms with Crippen LogP contribution >= 0.6 is 0 Å². The maximum atomic E-state index is 12.5. The minimum atomic E-state index is -0.438. The van der Waals surface area contributed by atoms with Gasteiger partial charge in [-0.15, -0.1) is 0 Å². The van der Waals surface area contributed by atoms with Crippen LogP contribution in [-0.2, 0) is 33.7 Å². The fourth-order valence-corrected chi connectivity index (χ4v) is 3.19. The molecule has 1 aromatic heterocycles. The van der Waals surface area contributed by atoms with E-state index in [0.717, 1.165) is 16.7 Å². The number of rotatable bonds is 8. The van der Waals surface area contributed by atoms with Crippen LogP contribution in [0.25, 0.3) is 0 Å². The molecule has 30 heavy (non-hydrogen) atoms. The van der Waals surface area contributed by atoms with Gasteiger partial charge in [0.05, 0.1) is 37.8 Å². The third kappa shape index (κ3) is 5.24. The molecule has 1 aromatic carbocycles. The lowest BCUT2D eigenvalue weighted by Crippen LogP contribution is -2.28. The molecule has 156 valence electrons. The molecule has 3 rings (SSSR count). The SMILES string of the molecule is COCc1cc(C#N)ccc1CC(=O)Nc1ccc(C[C@H]2COC(=O)N2)c(OC)n1. The molecule has 0 aliphatic carbocycles. The molecule has 0 saturated carbocycles. The van der Waals surface area contributed by atoms with Crippen molar-refractivity contribution in [3.05, 3.63) is 52.6 Å². The molecular weight excluding hydrogens is 388 g/mol. The van der Waals surface area contributed by atoms with E-state index in [1.165, 1.54) is 7.11 Å². The van der Waals surface area contributed by atoms with Crippen molar-refractivity contribution in [3.8, 4) is 11.9 Å². The molecule has 1 aliphatic heterocycles. The van der Waals surface area contributed by atoms with E-state index in [2.05, 4.69) is 21.7 Å². The Balaban J connectivity index is 1.68. The maximum Gasteiger partial charge on any atom is 0.407 e. The zero-order valence-corrected chi connectivity index (χ0v) is 16.7. The number of nitrogens with zero attached hydrogens (tertiary/aromatic N) is 2. The van der Waals surface area contributed by atoms with Crippen molar-refractivity contribution in [3.63, 3.8) is 0 Å². The van der Waals surface area contributed by atoms with Crippen LogP contribution < -0.4 is 15.4 Å². The predicted molar refractivity (Wildman–Crippen MR) is 107 cm³/mol. The highest BCUT2D eigenvalue weighted by molar-refractivity contribution is 5.91. The Morgan fingerprint density at radius 3 is 2.77 bits per heavy atom. The van der Waals surface area contributed by atoms with Gasteiger partial charge in [-0.05, 0) is 35.4 Å². The van der Waals surface area contributed by atoms with Crippen molar-refractivity contribution in [2.45, 2.75) is 25.5 Å². The van der Waals surface area contributed by atoms with Gasteiger partial charge in [0.25, 0.3) is 0 Å². The first-order chi connectivity index (χ1) is 14.5. The molecule has 0 unspecified atom stereocenters. The lowest BCUT2D eigenvalue weighted by Gasteiger charge is -2.13. The summed E-state index contributed by atoms with van der Waals surface area (Å²) in [6.07, 6.45) is 0.176. The Hall–Kier alpha value is -3.64. The zero-order chi connectivity index (χ0) is 21.5. The summed E-state index contributed by atoms with van der Waals surface area (Å²) in [4.78, 5) is 28.0. The van der Waals surface area contributed by atoms with Gasteiger partial charge in [-0.1, -0.05) is 6.07 Å². The second-order valence-corrected chi connectivity index (χ2v) is 6.76. The van der Waals surface area contributed by atoms with Gasteiger partial charge in [0.15, 0.2) is 0 Å². The third-order valence-corrected chi connectivity index (χ3v) is 4.59. The summed E-state index contributed by atoms with van der Waals surface area (Å²) >= 11 is 0. The number of nitriles is 1. The number of amides is 2. The number of benzene rings is 1. The minimum absolute atomic E-state index is 0.113. The summed E-state index contributed by atoms with van der Waals surface area (Å²) in [5.74, 6) is 0.470. The Morgan fingerprint density at radius 2 is 2.10 bits per heavy atom. The van der Waals surface area contributed by atoms with E-state index in [1.807, 2.05) is 0 Å². The predicted octanol–water partition coefficient (Wildman–Crippen LogP) is 1.94. The van der Waals surface area contributed by atoms with E-state index in [9.17, 15) is 9.59 Å². The van der Waals surface area contributed by atoms with E-state index in [4.69, 9.17) is 19.5 Å². The number of aromatic nitrogens is 1. The number of methoxy groups -OCH3 is 2. The van der Waals surface area contributed by atoms with E-state index in [0.29, 0.717) is 30.3 Å². The van der Waals surface area contributed by atoms with E-state index in [-0.39, 0.29) is 25.0 Å². The number of alkyl carbamates (subject to hydrolysis) is 1. The smallest absolute Gasteiger partial charge is 0.407 e. The van der Waals surface area contributed by atoms with Crippen LogP contribution in [-0.4, -0.2) is 43.9 Å². The van der Waals surface area contributed by atoms with Crippen LogP contribution in [0.15, 0.2) is 30.3 Å². The average molecular weight is 410 g/mol. The number of pyridine rings is 1. The number of carbonyl (C=O) groups excluding carboxylic acids is 2. The monoisotopic (exact) mass is 410 g/mol. The molecule has 0 bridgehead atoms. The second kappa shape index (κ2) is 9.71. The lowest BCUT2D eigenvalue weighted by molar-refractivity contribution is -0.115. The van der Waals surface area contributed by atoms with Crippen molar-refractivity contribution in [2.75, 3.05) is 26.1 Å². The molecule has 1 fully saturated rings. The van der Waals surface area contributed by atoms with Crippen molar-refractivity contribution in [1.82, 2.24) is 10.3 Å². The first-order valence-corrected chi connectivity index (χ1v) is 9.30. The van der Waals surface area contributed by atoms with Crippen LogP contribution in [0.4, 0.5) is 10.6 Å². The number of anilines is 1. The van der Waals surface area contributed by atoms with Gasteiger partial charge in [-0.3, -0.25) is 4.79 Å². The molecule has 1 atom stereocenters. The molecule has 9 heteroatoms. The van der Waals surface area contributed by atoms with E-state index >= 15 is 0 Å². The summed E-state index contributed by atoms with van der Waals surface area (Å²) in [6, 6.07) is 10.5. The third-order valence-electron chi connectivity index (χ3n) is 4.59. The Kier molecular flexibility index (Phi) is 6.83. The molecule has 1 saturated heterocycles. The molecule has 2 aromatic rings. The van der Waals surface area contributed by atoms with Crippen LogP contribution in [0.3, 0.4) is 0 Å². The molecule has 0 radical (unpaired) electrons. The van der Waals surface area contributed by atoms with Gasteiger partial charge in [0.2, 0.25) is 11.8 Å². The normalized spacial score (nSPS) is 15.1. The first kappa shape index (κ1) is 21.1. The zero-order valence-electron chi connectivity index (χ0n) is 16.7. The summed E-state index contributed by atoms with van der Waals surface area (Å²) < 4.78 is 15.4. The van der Waals surface area contributed by atoms with Gasteiger partial charge in [-0.2, -0.15) is 10.2 Å². The standard InChI is InChI=1S/C21H22N4O5/c1-28-11-16-7-13(10-22)3-4-14(16)9-19(26)24-18-6-5-15(20(25-18)29-2)8-17-12-30-21(27)23-17/h3-7,17H,8-9,11-12H2,1-2H3,(H,23,27)(H,24,25,26)/t17-/m0/s1. The van der Waals surface area contributed by atoms with Crippen LogP contribution in [0, 0.1) is 11.3 Å². The molecule has 2 N–H and O–H groups in total. The number of nitrogens with one attached hydrogen (secondary N) is 2. The van der Waals surface area contributed by atoms with E-state index in [1.54, 1.807) is 37.4 Å². The molecule has 9 nitrogen and oxygen atoms in total. The summed E-state index contributed by atoms with van der Waals surface area (Å²) in [7, 11) is 3.05. The topological polar surface area (TPSA) is 123 Å². The van der Waals surface area contributed by atoms with Gasteiger partial charge in [0.1, 0.15) is 12.4 Å². The average Bonchev–Trinajstić information content (AvgIpc) is 3.15. The minimum Gasteiger partial charge on any atom is -0.481 e. The Labute approximate surface area is 174 Å². The number of carbonyl (C=O) groups is 2. The quantitative estimate of drug-likeness (QED) is 0.682. The fourth-order valence-electron chi connectivity index (χ4n) is 3.19. The highest BCUT2D eigenvalue weighted by Crippen LogP contribution is 2.22. The summed E-state index contributed by atoms with van der Waals surface area (Å²) in [5.41, 5.74) is 2.86. The van der Waals surface area contributed by atoms with E-state index < -0.39 is 6.09 Å². The van der Waals surface area contributed by atoms with Gasteiger partial charge < -0.3 is 24.8 Å². The summed E-state index contributed by atoms with van der Waals surface area (Å²) in [6.45, 7) is 0.592. The van der Waals surface area contributed by atoms with Gasteiger partial charge in [0, 0.05) is 19.1 Å². The Bertz CT molecular complexity index is 986. The second-order valence-electron chi connectivity index (χ2n) is 6.76. The van der Waals surface area contributed by atoms with Crippen molar-refractivity contribution >= 4 is 17.8 Å². The van der Waals surface area contributed by atoms with Crippen molar-refractivity contribution in [1.29, 1.82) is 5.26 Å².